The lowest BCUT2D eigenvalue weighted by atomic mass is 10.2. The van der Waals surface area contributed by atoms with Crippen LogP contribution in [0, 0.1) is 5.92 Å². The molecule has 21 heavy (non-hydrogen) atoms. The van der Waals surface area contributed by atoms with E-state index in [0.29, 0.717) is 22.9 Å². The molecule has 0 bridgehead atoms. The van der Waals surface area contributed by atoms with Gasteiger partial charge in [0.2, 0.25) is 5.91 Å². The van der Waals surface area contributed by atoms with Gasteiger partial charge in [-0.05, 0) is 31.4 Å². The van der Waals surface area contributed by atoms with Crippen molar-refractivity contribution in [3.05, 3.63) is 17.0 Å². The van der Waals surface area contributed by atoms with Crippen molar-refractivity contribution < 1.29 is 19.4 Å². The molecule has 1 heterocycles. The average molecular weight is 312 g/mol. The van der Waals surface area contributed by atoms with Crippen LogP contribution >= 0.6 is 11.3 Å². The van der Waals surface area contributed by atoms with Gasteiger partial charge in [-0.25, -0.2) is 0 Å². The van der Waals surface area contributed by atoms with Gasteiger partial charge in [-0.15, -0.1) is 11.3 Å². The fourth-order valence-corrected chi connectivity index (χ4v) is 2.72. The van der Waals surface area contributed by atoms with Gasteiger partial charge < -0.3 is 20.5 Å². The maximum atomic E-state index is 12.1. The van der Waals surface area contributed by atoms with Crippen molar-refractivity contribution in [2.45, 2.75) is 25.3 Å². The number of hydrogen-bond acceptors (Lipinski definition) is 5. The van der Waals surface area contributed by atoms with Gasteiger partial charge in [-0.2, -0.15) is 0 Å². The lowest BCUT2D eigenvalue weighted by Gasteiger charge is -2.16. The van der Waals surface area contributed by atoms with E-state index in [2.05, 4.69) is 10.6 Å². The lowest BCUT2D eigenvalue weighted by Crippen LogP contribution is -2.38. The highest BCUT2D eigenvalue weighted by Crippen LogP contribution is 2.31. The van der Waals surface area contributed by atoms with Crippen LogP contribution in [0.25, 0.3) is 0 Å². The molecule has 1 fully saturated rings. The summed E-state index contributed by atoms with van der Waals surface area (Å²) in [5, 5.41) is 15.3. The second kappa shape index (κ2) is 7.53. The van der Waals surface area contributed by atoms with Crippen LogP contribution in [0.2, 0.25) is 0 Å². The number of anilines is 1. The molecule has 1 unspecified atom stereocenters. The Morgan fingerprint density at radius 1 is 1.48 bits per heavy atom. The molecule has 1 aliphatic rings. The zero-order valence-corrected chi connectivity index (χ0v) is 12.7. The molecule has 6 nitrogen and oxygen atoms in total. The summed E-state index contributed by atoms with van der Waals surface area (Å²) >= 11 is 1.25. The minimum absolute atomic E-state index is 0.0125. The Labute approximate surface area is 127 Å². The number of rotatable bonds is 8. The Morgan fingerprint density at radius 3 is 2.86 bits per heavy atom. The van der Waals surface area contributed by atoms with E-state index in [1.807, 2.05) is 0 Å². The Hall–Kier alpha value is -1.44. The Kier molecular flexibility index (Phi) is 5.72. The minimum Gasteiger partial charge on any atom is -0.396 e. The summed E-state index contributed by atoms with van der Waals surface area (Å²) in [7, 11) is 1.55. The molecule has 2 amide bonds. The number of carbonyl (C=O) groups excluding carboxylic acids is 2. The van der Waals surface area contributed by atoms with Crippen LogP contribution in [0.5, 0.6) is 0 Å². The van der Waals surface area contributed by atoms with Crippen molar-refractivity contribution in [1.29, 1.82) is 0 Å². The van der Waals surface area contributed by atoms with Crippen LogP contribution in [-0.2, 0) is 9.53 Å². The van der Waals surface area contributed by atoms with Crippen molar-refractivity contribution in [1.82, 2.24) is 5.32 Å². The van der Waals surface area contributed by atoms with E-state index in [4.69, 9.17) is 9.84 Å². The lowest BCUT2D eigenvalue weighted by molar-refractivity contribution is -0.117. The average Bonchev–Trinajstić information content (AvgIpc) is 3.20. The predicted octanol–water partition coefficient (Wildman–Crippen LogP) is 1.22. The summed E-state index contributed by atoms with van der Waals surface area (Å²) in [6.07, 6.45) is 2.34. The zero-order valence-electron chi connectivity index (χ0n) is 11.9. The molecule has 1 atom stereocenters. The van der Waals surface area contributed by atoms with Gasteiger partial charge >= 0.3 is 0 Å². The molecule has 0 aliphatic heterocycles. The van der Waals surface area contributed by atoms with Crippen LogP contribution < -0.4 is 10.6 Å². The molecule has 2 rings (SSSR count). The smallest absolute Gasteiger partial charge is 0.261 e. The van der Waals surface area contributed by atoms with Crippen LogP contribution in [0.1, 0.15) is 28.9 Å². The number of methoxy groups -OCH3 is 1. The molecule has 0 saturated heterocycles. The molecule has 0 aromatic carbocycles. The fourth-order valence-electron chi connectivity index (χ4n) is 1.91. The summed E-state index contributed by atoms with van der Waals surface area (Å²) in [6, 6.07) is 3.20. The van der Waals surface area contributed by atoms with Crippen molar-refractivity contribution in [2.24, 2.45) is 5.92 Å². The number of carbonyl (C=O) groups is 2. The molecule has 1 aromatic heterocycles. The predicted molar refractivity (Wildman–Crippen MR) is 80.5 cm³/mol. The Balaban J connectivity index is 1.89. The number of aliphatic hydroxyl groups excluding tert-OH is 1. The number of nitrogens with one attached hydrogen (secondary N) is 2. The van der Waals surface area contributed by atoms with Crippen molar-refractivity contribution >= 4 is 28.2 Å². The first-order valence-corrected chi connectivity index (χ1v) is 7.77. The van der Waals surface area contributed by atoms with Gasteiger partial charge in [-0.1, -0.05) is 0 Å². The van der Waals surface area contributed by atoms with Gasteiger partial charge in [-0.3, -0.25) is 9.59 Å². The molecule has 3 N–H and O–H groups in total. The molecule has 1 aliphatic carbocycles. The molecule has 0 spiro atoms. The summed E-state index contributed by atoms with van der Waals surface area (Å²) in [5.41, 5.74) is 0. The second-order valence-electron chi connectivity index (χ2n) is 5.07. The van der Waals surface area contributed by atoms with Crippen LogP contribution in [-0.4, -0.2) is 43.3 Å². The van der Waals surface area contributed by atoms with Crippen LogP contribution in [0.15, 0.2) is 12.1 Å². The van der Waals surface area contributed by atoms with E-state index < -0.39 is 0 Å². The van der Waals surface area contributed by atoms with E-state index in [9.17, 15) is 9.59 Å². The number of hydrogen-bond donors (Lipinski definition) is 3. The van der Waals surface area contributed by atoms with E-state index in [1.165, 1.54) is 11.3 Å². The molecular formula is C14H20N2O4S. The first-order chi connectivity index (χ1) is 10.1. The summed E-state index contributed by atoms with van der Waals surface area (Å²) < 4.78 is 5.00. The monoisotopic (exact) mass is 312 g/mol. The molecule has 116 valence electrons. The van der Waals surface area contributed by atoms with E-state index in [1.54, 1.807) is 19.2 Å². The molecule has 1 saturated carbocycles. The topological polar surface area (TPSA) is 87.7 Å². The zero-order chi connectivity index (χ0) is 15.2. The highest BCUT2D eigenvalue weighted by molar-refractivity contribution is 7.18. The van der Waals surface area contributed by atoms with E-state index >= 15 is 0 Å². The van der Waals surface area contributed by atoms with Gasteiger partial charge in [0.1, 0.15) is 0 Å². The molecule has 0 radical (unpaired) electrons. The Bertz CT molecular complexity index is 493. The summed E-state index contributed by atoms with van der Waals surface area (Å²) in [6.45, 7) is 0.338. The quantitative estimate of drug-likeness (QED) is 0.673. The standard InChI is InChI=1S/C14H20N2O4S/c1-20-8-10(6-7-17)15-14(19)11-4-5-12(21-11)16-13(18)9-2-3-9/h4-5,9-10,17H,2-3,6-8H2,1H3,(H,15,19)(H,16,18). The van der Waals surface area contributed by atoms with E-state index in [-0.39, 0.29) is 30.4 Å². The molecule has 7 heteroatoms. The van der Waals surface area contributed by atoms with Crippen LogP contribution in [0.4, 0.5) is 5.00 Å². The van der Waals surface area contributed by atoms with Crippen molar-refractivity contribution in [3.8, 4) is 0 Å². The summed E-state index contributed by atoms with van der Waals surface area (Å²) in [5.74, 6) is -0.0521. The molecular weight excluding hydrogens is 292 g/mol. The van der Waals surface area contributed by atoms with E-state index in [0.717, 1.165) is 12.8 Å². The van der Waals surface area contributed by atoms with Crippen LogP contribution in [0.3, 0.4) is 0 Å². The first-order valence-electron chi connectivity index (χ1n) is 6.95. The second-order valence-corrected chi connectivity index (χ2v) is 6.15. The fraction of sp³-hybridized carbons (Fsp3) is 0.571. The maximum absolute atomic E-state index is 12.1. The largest absolute Gasteiger partial charge is 0.396 e. The third kappa shape index (κ3) is 4.80. The number of aliphatic hydroxyl groups is 1. The third-order valence-corrected chi connectivity index (χ3v) is 4.20. The van der Waals surface area contributed by atoms with Gasteiger partial charge in [0.25, 0.3) is 5.91 Å². The van der Waals surface area contributed by atoms with Gasteiger partial charge in [0.15, 0.2) is 0 Å². The normalized spacial score (nSPS) is 15.5. The van der Waals surface area contributed by atoms with Gasteiger partial charge in [0.05, 0.1) is 22.5 Å². The van der Waals surface area contributed by atoms with Gasteiger partial charge in [0, 0.05) is 19.6 Å². The SMILES string of the molecule is COCC(CCO)NC(=O)c1ccc(NC(=O)C2CC2)s1. The molecule has 1 aromatic rings. The maximum Gasteiger partial charge on any atom is 0.261 e. The first kappa shape index (κ1) is 15.9. The third-order valence-electron chi connectivity index (χ3n) is 3.20. The number of amides is 2. The number of ether oxygens (including phenoxy) is 1. The minimum atomic E-state index is -0.223. The highest BCUT2D eigenvalue weighted by atomic mass is 32.1. The Morgan fingerprint density at radius 2 is 2.24 bits per heavy atom. The number of thiophene rings is 1. The van der Waals surface area contributed by atoms with Crippen molar-refractivity contribution in [3.63, 3.8) is 0 Å². The van der Waals surface area contributed by atoms with Crippen molar-refractivity contribution in [2.75, 3.05) is 25.6 Å². The highest BCUT2D eigenvalue weighted by Gasteiger charge is 2.29. The summed E-state index contributed by atoms with van der Waals surface area (Å²) in [4.78, 5) is 24.3.